The topological polar surface area (TPSA) is 38.1 Å². The third-order valence-corrected chi connectivity index (χ3v) is 4.05. The Balaban J connectivity index is 1.99. The summed E-state index contributed by atoms with van der Waals surface area (Å²) >= 11 is 1.68. The molecule has 0 amide bonds. The Labute approximate surface area is 117 Å². The summed E-state index contributed by atoms with van der Waals surface area (Å²) in [6.07, 6.45) is 3.69. The van der Waals surface area contributed by atoms with E-state index in [2.05, 4.69) is 4.98 Å². The van der Waals surface area contributed by atoms with Crippen molar-refractivity contribution in [2.45, 2.75) is 20.4 Å². The Morgan fingerprint density at radius 3 is 2.74 bits per heavy atom. The number of carbonyl (C=O) groups excluding carboxylic acids is 1. The molecule has 4 nitrogen and oxygen atoms in total. The van der Waals surface area contributed by atoms with Gasteiger partial charge in [0.2, 0.25) is 0 Å². The van der Waals surface area contributed by atoms with Crippen LogP contribution in [0.25, 0.3) is 0 Å². The molecule has 0 radical (unpaired) electrons. The number of hydrogen-bond donors (Lipinski definition) is 0. The number of likely N-dealkylation sites (N-methyl/N-ethyl adjacent to an activating group) is 1. The SMILES string of the molecule is Cc1cc(C(=O)CN(C)Cc2nccn2C)c(C)s1. The number of aromatic nitrogens is 2. The number of imidazole rings is 1. The number of rotatable bonds is 5. The summed E-state index contributed by atoms with van der Waals surface area (Å²) < 4.78 is 1.97. The van der Waals surface area contributed by atoms with Gasteiger partial charge in [0.25, 0.3) is 0 Å². The fraction of sp³-hybridized carbons (Fsp3) is 0.429. The van der Waals surface area contributed by atoms with Crippen molar-refractivity contribution >= 4 is 17.1 Å². The molecular weight excluding hydrogens is 258 g/mol. The van der Waals surface area contributed by atoms with Gasteiger partial charge in [0, 0.05) is 34.8 Å². The minimum Gasteiger partial charge on any atom is -0.337 e. The molecule has 0 fully saturated rings. The molecule has 0 N–H and O–H groups in total. The molecule has 0 spiro atoms. The van der Waals surface area contributed by atoms with Crippen LogP contribution in [0.5, 0.6) is 0 Å². The molecule has 0 aromatic carbocycles. The summed E-state index contributed by atoms with van der Waals surface area (Å²) in [5.41, 5.74) is 0.856. The second-order valence-corrected chi connectivity index (χ2v) is 6.34. The molecule has 0 atom stereocenters. The Kier molecular flexibility index (Phi) is 4.17. The highest BCUT2D eigenvalue weighted by atomic mass is 32.1. The van der Waals surface area contributed by atoms with Crippen molar-refractivity contribution in [3.05, 3.63) is 39.6 Å². The van der Waals surface area contributed by atoms with Crippen molar-refractivity contribution in [3.8, 4) is 0 Å². The van der Waals surface area contributed by atoms with Crippen LogP contribution in [0, 0.1) is 13.8 Å². The predicted octanol–water partition coefficient (Wildman–Crippen LogP) is 2.41. The van der Waals surface area contributed by atoms with Crippen LogP contribution in [-0.2, 0) is 13.6 Å². The molecular formula is C14H19N3OS. The number of nitrogens with zero attached hydrogens (tertiary/aromatic N) is 3. The summed E-state index contributed by atoms with van der Waals surface area (Å²) in [5.74, 6) is 1.15. The van der Waals surface area contributed by atoms with Crippen molar-refractivity contribution < 1.29 is 4.79 Å². The smallest absolute Gasteiger partial charge is 0.177 e. The van der Waals surface area contributed by atoms with E-state index in [1.54, 1.807) is 17.5 Å². The minimum atomic E-state index is 0.179. The van der Waals surface area contributed by atoms with Crippen molar-refractivity contribution in [3.63, 3.8) is 0 Å². The lowest BCUT2D eigenvalue weighted by atomic mass is 10.1. The van der Waals surface area contributed by atoms with Crippen LogP contribution in [0.1, 0.15) is 25.9 Å². The van der Waals surface area contributed by atoms with E-state index >= 15 is 0 Å². The van der Waals surface area contributed by atoms with E-state index in [1.165, 1.54) is 4.88 Å². The molecule has 2 aromatic heterocycles. The van der Waals surface area contributed by atoms with Gasteiger partial charge in [-0.3, -0.25) is 9.69 Å². The van der Waals surface area contributed by atoms with E-state index in [1.807, 2.05) is 49.7 Å². The third-order valence-electron chi connectivity index (χ3n) is 3.09. The fourth-order valence-corrected chi connectivity index (χ4v) is 3.03. The molecule has 102 valence electrons. The van der Waals surface area contributed by atoms with Crippen molar-refractivity contribution in [2.75, 3.05) is 13.6 Å². The van der Waals surface area contributed by atoms with E-state index in [4.69, 9.17) is 0 Å². The van der Waals surface area contributed by atoms with Crippen LogP contribution in [0.2, 0.25) is 0 Å². The van der Waals surface area contributed by atoms with Gasteiger partial charge in [-0.1, -0.05) is 0 Å². The van der Waals surface area contributed by atoms with E-state index < -0.39 is 0 Å². The van der Waals surface area contributed by atoms with Gasteiger partial charge in [-0.15, -0.1) is 11.3 Å². The first-order chi connectivity index (χ1) is 8.97. The van der Waals surface area contributed by atoms with Gasteiger partial charge >= 0.3 is 0 Å². The Bertz CT molecular complexity index is 585. The highest BCUT2D eigenvalue weighted by Gasteiger charge is 2.15. The number of aryl methyl sites for hydroxylation is 3. The average molecular weight is 277 g/mol. The quantitative estimate of drug-likeness (QED) is 0.788. The van der Waals surface area contributed by atoms with E-state index in [-0.39, 0.29) is 5.78 Å². The van der Waals surface area contributed by atoms with Crippen LogP contribution in [0.15, 0.2) is 18.5 Å². The second-order valence-electron chi connectivity index (χ2n) is 4.88. The molecule has 5 heteroatoms. The molecule has 0 aliphatic heterocycles. The molecule has 0 aliphatic carbocycles. The lowest BCUT2D eigenvalue weighted by Crippen LogP contribution is -2.26. The number of ketones is 1. The van der Waals surface area contributed by atoms with Gasteiger partial charge in [-0.2, -0.15) is 0 Å². The highest BCUT2D eigenvalue weighted by Crippen LogP contribution is 2.21. The molecule has 0 bridgehead atoms. The summed E-state index contributed by atoms with van der Waals surface area (Å²) in [7, 11) is 3.91. The Morgan fingerprint density at radius 2 is 2.21 bits per heavy atom. The molecule has 2 rings (SSSR count). The van der Waals surface area contributed by atoms with Crippen molar-refractivity contribution in [2.24, 2.45) is 7.05 Å². The number of Topliss-reactive ketones (excluding diaryl/α,β-unsaturated/α-hetero) is 1. The second kappa shape index (κ2) is 5.67. The lowest BCUT2D eigenvalue weighted by molar-refractivity contribution is 0.0941. The summed E-state index contributed by atoms with van der Waals surface area (Å²) in [4.78, 5) is 20.8. The van der Waals surface area contributed by atoms with Gasteiger partial charge in [0.15, 0.2) is 5.78 Å². The van der Waals surface area contributed by atoms with Gasteiger partial charge in [0.05, 0.1) is 13.1 Å². The number of hydrogen-bond acceptors (Lipinski definition) is 4. The van der Waals surface area contributed by atoms with Crippen molar-refractivity contribution in [1.29, 1.82) is 0 Å². The van der Waals surface area contributed by atoms with Gasteiger partial charge < -0.3 is 4.57 Å². The molecule has 0 saturated carbocycles. The zero-order chi connectivity index (χ0) is 14.0. The first-order valence-electron chi connectivity index (χ1n) is 6.22. The number of thiophene rings is 1. The first-order valence-corrected chi connectivity index (χ1v) is 7.04. The Hall–Kier alpha value is -1.46. The normalized spacial score (nSPS) is 11.2. The molecule has 0 aliphatic rings. The summed E-state index contributed by atoms with van der Waals surface area (Å²) in [6, 6.07) is 1.98. The molecule has 0 unspecified atom stereocenters. The predicted molar refractivity (Wildman–Crippen MR) is 77.7 cm³/mol. The third kappa shape index (κ3) is 3.30. The standard InChI is InChI=1S/C14H19N3OS/c1-10-7-12(11(2)19-10)13(18)8-16(3)9-14-15-5-6-17(14)4/h5-7H,8-9H2,1-4H3. The largest absolute Gasteiger partial charge is 0.337 e. The summed E-state index contributed by atoms with van der Waals surface area (Å²) in [6.45, 7) is 5.14. The van der Waals surface area contributed by atoms with Gasteiger partial charge in [-0.05, 0) is 27.0 Å². The zero-order valence-electron chi connectivity index (χ0n) is 11.8. The van der Waals surface area contributed by atoms with Crippen LogP contribution < -0.4 is 0 Å². The van der Waals surface area contributed by atoms with Gasteiger partial charge in [-0.25, -0.2) is 4.98 Å². The average Bonchev–Trinajstić information content (AvgIpc) is 2.85. The fourth-order valence-electron chi connectivity index (χ4n) is 2.08. The van der Waals surface area contributed by atoms with Crippen LogP contribution in [0.4, 0.5) is 0 Å². The van der Waals surface area contributed by atoms with Crippen molar-refractivity contribution in [1.82, 2.24) is 14.5 Å². The van der Waals surface area contributed by atoms with E-state index in [9.17, 15) is 4.79 Å². The number of carbonyl (C=O) groups is 1. The Morgan fingerprint density at radius 1 is 1.47 bits per heavy atom. The van der Waals surface area contributed by atoms with Crippen LogP contribution >= 0.6 is 11.3 Å². The first kappa shape index (κ1) is 14.0. The molecule has 19 heavy (non-hydrogen) atoms. The highest BCUT2D eigenvalue weighted by molar-refractivity contribution is 7.12. The maximum absolute atomic E-state index is 12.2. The molecule has 0 saturated heterocycles. The zero-order valence-corrected chi connectivity index (χ0v) is 12.6. The van der Waals surface area contributed by atoms with Crippen LogP contribution in [-0.4, -0.2) is 33.8 Å². The monoisotopic (exact) mass is 277 g/mol. The molecule has 2 heterocycles. The van der Waals surface area contributed by atoms with Gasteiger partial charge in [0.1, 0.15) is 5.82 Å². The minimum absolute atomic E-state index is 0.179. The lowest BCUT2D eigenvalue weighted by Gasteiger charge is -2.15. The van der Waals surface area contributed by atoms with E-state index in [0.717, 1.165) is 16.3 Å². The summed E-state index contributed by atoms with van der Waals surface area (Å²) in [5, 5.41) is 0. The maximum Gasteiger partial charge on any atom is 0.177 e. The maximum atomic E-state index is 12.2. The van der Waals surface area contributed by atoms with E-state index in [0.29, 0.717) is 13.1 Å². The van der Waals surface area contributed by atoms with Crippen LogP contribution in [0.3, 0.4) is 0 Å². The molecule has 2 aromatic rings.